The Bertz CT molecular complexity index is 56.1. The van der Waals surface area contributed by atoms with Gasteiger partial charge in [0.2, 0.25) is 0 Å². The second kappa shape index (κ2) is 5.69. The Hall–Kier alpha value is -0.0800. The van der Waals surface area contributed by atoms with E-state index in [-0.39, 0.29) is 0 Å². The molecule has 0 aromatic heterocycles. The summed E-state index contributed by atoms with van der Waals surface area (Å²) in [6.07, 6.45) is 0. The molecule has 0 rings (SSSR count). The van der Waals surface area contributed by atoms with Gasteiger partial charge in [0, 0.05) is 6.61 Å². The summed E-state index contributed by atoms with van der Waals surface area (Å²) in [6.45, 7) is 9.48. The van der Waals surface area contributed by atoms with Crippen molar-refractivity contribution in [3.05, 3.63) is 0 Å². The van der Waals surface area contributed by atoms with Gasteiger partial charge in [-0.25, -0.2) is 0 Å². The zero-order valence-corrected chi connectivity index (χ0v) is 7.68. The smallest absolute Gasteiger partial charge is 0.0563 e. The third-order valence-electron chi connectivity index (χ3n) is 0.365. The van der Waals surface area contributed by atoms with E-state index in [4.69, 9.17) is 10.2 Å². The maximum atomic E-state index is 8.52. The average molecular weight is 148 g/mol. The summed E-state index contributed by atoms with van der Waals surface area (Å²) in [5, 5.41) is 16.7. The summed E-state index contributed by atoms with van der Waals surface area (Å²) in [5.74, 6) is 0.440. The number of hydrogen-bond acceptors (Lipinski definition) is 2. The van der Waals surface area contributed by atoms with E-state index in [1.807, 2.05) is 13.8 Å². The van der Waals surface area contributed by atoms with Crippen molar-refractivity contribution in [2.75, 3.05) is 6.61 Å². The van der Waals surface area contributed by atoms with E-state index in [2.05, 4.69) is 0 Å². The Kier molecular flexibility index (Phi) is 7.15. The number of aliphatic hydroxyl groups excluding tert-OH is 1. The van der Waals surface area contributed by atoms with Crippen molar-refractivity contribution in [2.24, 2.45) is 5.92 Å². The van der Waals surface area contributed by atoms with Crippen molar-refractivity contribution < 1.29 is 10.2 Å². The molecule has 0 fully saturated rings. The number of rotatable bonds is 1. The van der Waals surface area contributed by atoms with E-state index in [0.29, 0.717) is 12.5 Å². The topological polar surface area (TPSA) is 40.5 Å². The normalized spacial score (nSPS) is 10.8. The van der Waals surface area contributed by atoms with Gasteiger partial charge in [-0.15, -0.1) is 0 Å². The minimum Gasteiger partial charge on any atom is -0.396 e. The minimum atomic E-state index is -0.500. The van der Waals surface area contributed by atoms with Gasteiger partial charge in [0.15, 0.2) is 0 Å². The van der Waals surface area contributed by atoms with Gasteiger partial charge in [0.1, 0.15) is 0 Å². The first-order chi connectivity index (χ1) is 4.27. The number of hydrogen-bond donors (Lipinski definition) is 2. The van der Waals surface area contributed by atoms with Crippen molar-refractivity contribution in [1.29, 1.82) is 0 Å². The molecule has 0 unspecified atom stereocenters. The van der Waals surface area contributed by atoms with Crippen molar-refractivity contribution in [2.45, 2.75) is 40.2 Å². The monoisotopic (exact) mass is 148 g/mol. The van der Waals surface area contributed by atoms with E-state index in [1.54, 1.807) is 20.8 Å². The van der Waals surface area contributed by atoms with Crippen LogP contribution < -0.4 is 0 Å². The van der Waals surface area contributed by atoms with Gasteiger partial charge >= 0.3 is 0 Å². The molecule has 0 aromatic rings. The van der Waals surface area contributed by atoms with Gasteiger partial charge < -0.3 is 10.2 Å². The summed E-state index contributed by atoms with van der Waals surface area (Å²) in [5.41, 5.74) is -0.500. The lowest BCUT2D eigenvalue weighted by Crippen LogP contribution is -2.10. The molecule has 64 valence electrons. The minimum absolute atomic E-state index is 0.306. The van der Waals surface area contributed by atoms with Gasteiger partial charge in [-0.05, 0) is 26.7 Å². The van der Waals surface area contributed by atoms with Gasteiger partial charge in [0.25, 0.3) is 0 Å². The van der Waals surface area contributed by atoms with Crippen LogP contribution >= 0.6 is 0 Å². The van der Waals surface area contributed by atoms with E-state index >= 15 is 0 Å². The molecule has 0 aliphatic rings. The van der Waals surface area contributed by atoms with Gasteiger partial charge in [-0.2, -0.15) is 0 Å². The van der Waals surface area contributed by atoms with Crippen LogP contribution in [0.2, 0.25) is 0 Å². The highest BCUT2D eigenvalue weighted by Gasteiger charge is 1.97. The zero-order chi connectivity index (χ0) is 8.78. The predicted octanol–water partition coefficient (Wildman–Crippen LogP) is 1.41. The second-order valence-corrected chi connectivity index (χ2v) is 3.75. The molecule has 0 atom stereocenters. The van der Waals surface area contributed by atoms with Crippen LogP contribution in [0.15, 0.2) is 0 Å². The van der Waals surface area contributed by atoms with Gasteiger partial charge in [0.05, 0.1) is 5.60 Å². The van der Waals surface area contributed by atoms with Crippen LogP contribution in [0.3, 0.4) is 0 Å². The molecule has 0 heterocycles. The van der Waals surface area contributed by atoms with Crippen molar-refractivity contribution >= 4 is 0 Å². The quantitative estimate of drug-likeness (QED) is 0.590. The number of aliphatic hydroxyl groups is 2. The standard InChI is InChI=1S/2C4H10O/c1-4(2,3)5;1-4(2)3-5/h5H,1-3H3;4-5H,3H2,1-2H3. The molecule has 0 amide bonds. The first kappa shape index (κ1) is 12.6. The Morgan fingerprint density at radius 2 is 1.30 bits per heavy atom. The summed E-state index contributed by atoms with van der Waals surface area (Å²) >= 11 is 0. The van der Waals surface area contributed by atoms with Crippen LogP contribution in [0, 0.1) is 5.92 Å². The molecule has 0 aliphatic carbocycles. The molecule has 2 nitrogen and oxygen atoms in total. The summed E-state index contributed by atoms with van der Waals surface area (Å²) in [7, 11) is 0. The molecule has 0 aromatic carbocycles. The Morgan fingerprint density at radius 3 is 1.30 bits per heavy atom. The Labute approximate surface area is 63.9 Å². The van der Waals surface area contributed by atoms with Crippen LogP contribution in [0.5, 0.6) is 0 Å². The lowest BCUT2D eigenvalue weighted by Gasteiger charge is -2.04. The summed E-state index contributed by atoms with van der Waals surface area (Å²) in [4.78, 5) is 0. The fourth-order valence-electron chi connectivity index (χ4n) is 0. The van der Waals surface area contributed by atoms with Crippen LogP contribution in [-0.4, -0.2) is 22.4 Å². The average Bonchev–Trinajstić information content (AvgIpc) is 1.61. The molecule has 0 radical (unpaired) electrons. The molecule has 0 aliphatic heterocycles. The van der Waals surface area contributed by atoms with Gasteiger partial charge in [-0.1, -0.05) is 13.8 Å². The highest BCUT2D eigenvalue weighted by Crippen LogP contribution is 1.93. The maximum absolute atomic E-state index is 8.52. The van der Waals surface area contributed by atoms with Crippen LogP contribution in [-0.2, 0) is 0 Å². The predicted molar refractivity (Wildman–Crippen MR) is 43.9 cm³/mol. The molecule has 0 bridgehead atoms. The summed E-state index contributed by atoms with van der Waals surface area (Å²) in [6, 6.07) is 0. The lowest BCUT2D eigenvalue weighted by molar-refractivity contribution is 0.102. The van der Waals surface area contributed by atoms with Crippen molar-refractivity contribution in [3.8, 4) is 0 Å². The molecule has 2 N–H and O–H groups in total. The third kappa shape index (κ3) is 103. The fourth-order valence-corrected chi connectivity index (χ4v) is 0. The molecule has 0 saturated carbocycles. The van der Waals surface area contributed by atoms with Crippen LogP contribution in [0.4, 0.5) is 0 Å². The first-order valence-corrected chi connectivity index (χ1v) is 3.60. The van der Waals surface area contributed by atoms with Crippen molar-refractivity contribution in [1.82, 2.24) is 0 Å². The fraction of sp³-hybridized carbons (Fsp3) is 1.00. The molecular weight excluding hydrogens is 128 g/mol. The van der Waals surface area contributed by atoms with E-state index < -0.39 is 5.60 Å². The Balaban J connectivity index is 0. The SMILES string of the molecule is CC(C)(C)O.CC(C)CO. The van der Waals surface area contributed by atoms with Crippen molar-refractivity contribution in [3.63, 3.8) is 0 Å². The van der Waals surface area contributed by atoms with Crippen LogP contribution in [0.25, 0.3) is 0 Å². The highest BCUT2D eigenvalue weighted by atomic mass is 16.3. The second-order valence-electron chi connectivity index (χ2n) is 3.75. The van der Waals surface area contributed by atoms with E-state index in [0.717, 1.165) is 0 Å². The first-order valence-electron chi connectivity index (χ1n) is 3.60. The van der Waals surface area contributed by atoms with Gasteiger partial charge in [-0.3, -0.25) is 0 Å². The molecular formula is C8H20O2. The third-order valence-corrected chi connectivity index (χ3v) is 0.365. The molecule has 0 spiro atoms. The van der Waals surface area contributed by atoms with E-state index in [1.165, 1.54) is 0 Å². The summed E-state index contributed by atoms with van der Waals surface area (Å²) < 4.78 is 0. The molecule has 10 heavy (non-hydrogen) atoms. The van der Waals surface area contributed by atoms with E-state index in [9.17, 15) is 0 Å². The largest absolute Gasteiger partial charge is 0.396 e. The maximum Gasteiger partial charge on any atom is 0.0563 e. The highest BCUT2D eigenvalue weighted by molar-refractivity contribution is 4.50. The van der Waals surface area contributed by atoms with Crippen LogP contribution in [0.1, 0.15) is 34.6 Å². The Morgan fingerprint density at radius 1 is 1.20 bits per heavy atom. The zero-order valence-electron chi connectivity index (χ0n) is 7.68. The lowest BCUT2D eigenvalue weighted by atomic mass is 10.2. The molecule has 0 saturated heterocycles. The molecule has 2 heteroatoms.